The van der Waals surface area contributed by atoms with E-state index in [1.165, 1.54) is 45.1 Å². The Hall–Kier alpha value is -0.0800. The zero-order chi connectivity index (χ0) is 11.2. The van der Waals surface area contributed by atoms with Crippen LogP contribution < -0.4 is 10.6 Å². The molecule has 15 heavy (non-hydrogen) atoms. The first kappa shape index (κ1) is 14.9. The van der Waals surface area contributed by atoms with Crippen molar-refractivity contribution >= 4 is 0 Å². The van der Waals surface area contributed by atoms with E-state index in [4.69, 9.17) is 0 Å². The van der Waals surface area contributed by atoms with Crippen LogP contribution in [0.1, 0.15) is 51.9 Å². The van der Waals surface area contributed by atoms with Gasteiger partial charge in [-0.3, -0.25) is 0 Å². The normalized spacial score (nSPS) is 10.8. The summed E-state index contributed by atoms with van der Waals surface area (Å²) < 4.78 is 0. The minimum atomic E-state index is 1.07. The van der Waals surface area contributed by atoms with Gasteiger partial charge >= 0.3 is 0 Å². The van der Waals surface area contributed by atoms with E-state index in [0.717, 1.165) is 26.1 Å². The summed E-state index contributed by atoms with van der Waals surface area (Å²) in [7, 11) is 0. The third kappa shape index (κ3) is 13.9. The topological polar surface area (TPSA) is 24.1 Å². The summed E-state index contributed by atoms with van der Waals surface area (Å²) in [4.78, 5) is 0. The molecule has 0 spiro atoms. The summed E-state index contributed by atoms with van der Waals surface area (Å²) in [6.45, 7) is 10.6. The first-order chi connectivity index (χ1) is 7.41. The van der Waals surface area contributed by atoms with Crippen molar-refractivity contribution in [3.63, 3.8) is 0 Å². The van der Waals surface area contributed by atoms with Gasteiger partial charge in [0.05, 0.1) is 0 Å². The highest BCUT2D eigenvalue weighted by atomic mass is 14.9. The van der Waals surface area contributed by atoms with E-state index in [1.807, 2.05) is 0 Å². The van der Waals surface area contributed by atoms with Crippen molar-refractivity contribution in [2.45, 2.75) is 51.9 Å². The number of unbranched alkanes of at least 4 members (excludes halogenated alkanes) is 5. The Balaban J connectivity index is 2.81. The zero-order valence-electron chi connectivity index (χ0n) is 10.5. The molecular weight excluding hydrogens is 184 g/mol. The predicted octanol–water partition coefficient (Wildman–Crippen LogP) is 2.75. The van der Waals surface area contributed by atoms with E-state index in [9.17, 15) is 0 Å². The summed E-state index contributed by atoms with van der Waals surface area (Å²) in [6, 6.07) is 0. The van der Waals surface area contributed by atoms with Crippen LogP contribution in [0.4, 0.5) is 0 Å². The molecule has 0 bridgehead atoms. The maximum atomic E-state index is 3.83. The van der Waals surface area contributed by atoms with Crippen molar-refractivity contribution in [3.8, 4) is 0 Å². The summed E-state index contributed by atoms with van der Waals surface area (Å²) in [5.74, 6) is 0. The Kier molecular flexibility index (Phi) is 13.8. The van der Waals surface area contributed by atoms with Gasteiger partial charge in [-0.25, -0.2) is 0 Å². The Morgan fingerprint density at radius 2 is 1.33 bits per heavy atom. The van der Waals surface area contributed by atoms with Crippen LogP contribution in [-0.4, -0.2) is 26.2 Å². The smallest absolute Gasteiger partial charge is 0.00767 e. The molecule has 0 aromatic carbocycles. The highest BCUT2D eigenvalue weighted by molar-refractivity contribution is 4.53. The lowest BCUT2D eigenvalue weighted by atomic mass is 10.2. The van der Waals surface area contributed by atoms with Gasteiger partial charge in [0.1, 0.15) is 0 Å². The Labute approximate surface area is 96.2 Å². The second-order valence-corrected chi connectivity index (χ2v) is 4.12. The molecule has 0 fully saturated rings. The van der Waals surface area contributed by atoms with Crippen LogP contribution in [0.15, 0.2) is 0 Å². The third-order valence-electron chi connectivity index (χ3n) is 2.54. The molecule has 1 radical (unpaired) electrons. The van der Waals surface area contributed by atoms with Crippen molar-refractivity contribution in [1.29, 1.82) is 0 Å². The van der Waals surface area contributed by atoms with E-state index >= 15 is 0 Å². The SMILES string of the molecule is [CH2]CCCCNCCNCCCCCC. The highest BCUT2D eigenvalue weighted by Crippen LogP contribution is 1.96. The third-order valence-corrected chi connectivity index (χ3v) is 2.54. The molecule has 0 heterocycles. The van der Waals surface area contributed by atoms with Crippen LogP contribution >= 0.6 is 0 Å². The molecule has 0 aliphatic carbocycles. The highest BCUT2D eigenvalue weighted by Gasteiger charge is 1.89. The lowest BCUT2D eigenvalue weighted by Gasteiger charge is -2.06. The molecule has 0 saturated carbocycles. The van der Waals surface area contributed by atoms with Gasteiger partial charge in [0, 0.05) is 13.1 Å². The van der Waals surface area contributed by atoms with Crippen LogP contribution in [0.5, 0.6) is 0 Å². The lowest BCUT2D eigenvalue weighted by molar-refractivity contribution is 0.562. The van der Waals surface area contributed by atoms with Crippen LogP contribution in [-0.2, 0) is 0 Å². The van der Waals surface area contributed by atoms with Gasteiger partial charge in [0.15, 0.2) is 0 Å². The van der Waals surface area contributed by atoms with Gasteiger partial charge in [0.2, 0.25) is 0 Å². The van der Waals surface area contributed by atoms with E-state index in [2.05, 4.69) is 24.5 Å². The molecule has 0 unspecified atom stereocenters. The van der Waals surface area contributed by atoms with E-state index in [-0.39, 0.29) is 0 Å². The largest absolute Gasteiger partial charge is 0.315 e. The minimum absolute atomic E-state index is 1.07. The fourth-order valence-corrected chi connectivity index (χ4v) is 1.53. The van der Waals surface area contributed by atoms with Crippen LogP contribution in [0, 0.1) is 6.92 Å². The fourth-order valence-electron chi connectivity index (χ4n) is 1.53. The van der Waals surface area contributed by atoms with Crippen molar-refractivity contribution in [2.75, 3.05) is 26.2 Å². The molecule has 0 aliphatic rings. The molecular formula is C13H29N2. The molecule has 0 aliphatic heterocycles. The first-order valence-electron chi connectivity index (χ1n) is 6.62. The Bertz CT molecular complexity index is 92.7. The van der Waals surface area contributed by atoms with Gasteiger partial charge in [-0.15, -0.1) is 0 Å². The number of nitrogens with one attached hydrogen (secondary N) is 2. The van der Waals surface area contributed by atoms with Crippen molar-refractivity contribution in [2.24, 2.45) is 0 Å². The van der Waals surface area contributed by atoms with E-state index in [1.54, 1.807) is 0 Å². The summed E-state index contributed by atoms with van der Waals surface area (Å²) in [5.41, 5.74) is 0. The van der Waals surface area contributed by atoms with Gasteiger partial charge in [-0.05, 0) is 25.9 Å². The van der Waals surface area contributed by atoms with Crippen molar-refractivity contribution < 1.29 is 0 Å². The van der Waals surface area contributed by atoms with E-state index < -0.39 is 0 Å². The van der Waals surface area contributed by atoms with Crippen molar-refractivity contribution in [1.82, 2.24) is 10.6 Å². The van der Waals surface area contributed by atoms with Gasteiger partial charge in [0.25, 0.3) is 0 Å². The fraction of sp³-hybridized carbons (Fsp3) is 0.923. The molecule has 0 aromatic heterocycles. The van der Waals surface area contributed by atoms with Crippen LogP contribution in [0.2, 0.25) is 0 Å². The molecule has 2 heteroatoms. The molecule has 2 nitrogen and oxygen atoms in total. The molecule has 0 rings (SSSR count). The molecule has 91 valence electrons. The van der Waals surface area contributed by atoms with Gasteiger partial charge in [-0.1, -0.05) is 46.0 Å². The monoisotopic (exact) mass is 213 g/mol. The predicted molar refractivity (Wildman–Crippen MR) is 69.1 cm³/mol. The molecule has 0 aromatic rings. The average molecular weight is 213 g/mol. The Morgan fingerprint density at radius 1 is 0.733 bits per heavy atom. The number of hydrogen-bond donors (Lipinski definition) is 2. The summed E-state index contributed by atoms with van der Waals surface area (Å²) >= 11 is 0. The maximum absolute atomic E-state index is 3.83. The summed E-state index contributed by atoms with van der Waals surface area (Å²) in [5, 5.41) is 6.89. The minimum Gasteiger partial charge on any atom is -0.315 e. The number of hydrogen-bond acceptors (Lipinski definition) is 2. The van der Waals surface area contributed by atoms with Crippen molar-refractivity contribution in [3.05, 3.63) is 6.92 Å². The number of rotatable bonds is 12. The second-order valence-electron chi connectivity index (χ2n) is 4.12. The zero-order valence-corrected chi connectivity index (χ0v) is 10.5. The maximum Gasteiger partial charge on any atom is 0.00767 e. The second kappa shape index (κ2) is 13.9. The first-order valence-corrected chi connectivity index (χ1v) is 6.62. The molecule has 2 N–H and O–H groups in total. The quantitative estimate of drug-likeness (QED) is 0.487. The summed E-state index contributed by atoms with van der Waals surface area (Å²) in [6.07, 6.45) is 8.99. The van der Waals surface area contributed by atoms with Gasteiger partial charge < -0.3 is 10.6 Å². The molecule has 0 saturated heterocycles. The average Bonchev–Trinajstić information content (AvgIpc) is 2.26. The Morgan fingerprint density at radius 3 is 1.87 bits per heavy atom. The van der Waals surface area contributed by atoms with Crippen LogP contribution in [0.3, 0.4) is 0 Å². The standard InChI is InChI=1S/C13H29N2/c1-3-5-7-9-11-15-13-12-14-10-8-6-4-2/h14-15H,2-13H2,1H3. The van der Waals surface area contributed by atoms with E-state index in [0.29, 0.717) is 0 Å². The van der Waals surface area contributed by atoms with Gasteiger partial charge in [-0.2, -0.15) is 0 Å². The molecule has 0 amide bonds. The molecule has 0 atom stereocenters. The lowest BCUT2D eigenvalue weighted by Crippen LogP contribution is -2.28. The van der Waals surface area contributed by atoms with Crippen LogP contribution in [0.25, 0.3) is 0 Å².